The molecule has 72 valence electrons. The third-order valence-electron chi connectivity index (χ3n) is 2.05. The Hall–Kier alpha value is -0.340. The van der Waals surface area contributed by atoms with Crippen molar-refractivity contribution in [3.8, 4) is 0 Å². The van der Waals surface area contributed by atoms with Crippen molar-refractivity contribution < 1.29 is 5.11 Å². The molecular weight excluding hydrogens is 228 g/mol. The highest BCUT2D eigenvalue weighted by atomic mass is 79.9. The molecular formula is C11H15BrO. The highest BCUT2D eigenvalue weighted by molar-refractivity contribution is 9.10. The summed E-state index contributed by atoms with van der Waals surface area (Å²) < 4.78 is 1.12. The number of aliphatic hydroxyl groups is 1. The molecule has 0 saturated carbocycles. The first kappa shape index (κ1) is 10.7. The minimum Gasteiger partial charge on any atom is -0.396 e. The van der Waals surface area contributed by atoms with E-state index in [9.17, 15) is 0 Å². The molecule has 1 aromatic carbocycles. The molecule has 0 spiro atoms. The lowest BCUT2D eigenvalue weighted by atomic mass is 9.87. The maximum Gasteiger partial charge on any atom is 0.0485 e. The Morgan fingerprint density at radius 2 is 1.92 bits per heavy atom. The van der Waals surface area contributed by atoms with Gasteiger partial charge in [-0.3, -0.25) is 0 Å². The molecule has 0 amide bonds. The van der Waals surface area contributed by atoms with Gasteiger partial charge in [0.1, 0.15) is 0 Å². The molecule has 1 nitrogen and oxygen atoms in total. The van der Waals surface area contributed by atoms with Crippen molar-refractivity contribution in [2.45, 2.75) is 20.3 Å². The quantitative estimate of drug-likeness (QED) is 0.865. The zero-order valence-electron chi connectivity index (χ0n) is 8.05. The lowest BCUT2D eigenvalue weighted by molar-refractivity contribution is 0.159. The van der Waals surface area contributed by atoms with E-state index in [1.165, 1.54) is 5.56 Å². The van der Waals surface area contributed by atoms with Crippen LogP contribution in [0.1, 0.15) is 19.4 Å². The highest BCUT2D eigenvalue weighted by Gasteiger charge is 2.17. The second-order valence-corrected chi connectivity index (χ2v) is 4.94. The van der Waals surface area contributed by atoms with Gasteiger partial charge in [-0.05, 0) is 23.5 Å². The molecule has 0 aliphatic carbocycles. The molecule has 13 heavy (non-hydrogen) atoms. The average molecular weight is 243 g/mol. The Bertz CT molecular complexity index is 281. The van der Waals surface area contributed by atoms with Crippen LogP contribution >= 0.6 is 15.9 Å². The summed E-state index contributed by atoms with van der Waals surface area (Å²) in [5.41, 5.74) is 1.21. The van der Waals surface area contributed by atoms with E-state index in [4.69, 9.17) is 5.11 Å². The Morgan fingerprint density at radius 3 is 2.46 bits per heavy atom. The summed E-state index contributed by atoms with van der Waals surface area (Å²) in [4.78, 5) is 0. The first-order chi connectivity index (χ1) is 6.05. The van der Waals surface area contributed by atoms with Gasteiger partial charge in [-0.2, -0.15) is 0 Å². The molecule has 2 heteroatoms. The molecule has 0 atom stereocenters. The van der Waals surface area contributed by atoms with Gasteiger partial charge in [-0.1, -0.05) is 48.0 Å². The molecule has 1 rings (SSSR count). The van der Waals surface area contributed by atoms with Crippen LogP contribution < -0.4 is 0 Å². The van der Waals surface area contributed by atoms with Gasteiger partial charge in [0.05, 0.1) is 0 Å². The highest BCUT2D eigenvalue weighted by Crippen LogP contribution is 2.25. The van der Waals surface area contributed by atoms with Gasteiger partial charge in [-0.15, -0.1) is 0 Å². The second-order valence-electron chi connectivity index (χ2n) is 4.09. The fourth-order valence-corrected chi connectivity index (χ4v) is 1.64. The minimum atomic E-state index is -0.0378. The maximum atomic E-state index is 9.13. The van der Waals surface area contributed by atoms with Crippen LogP contribution in [0.25, 0.3) is 0 Å². The Morgan fingerprint density at radius 1 is 1.31 bits per heavy atom. The molecule has 0 fully saturated rings. The fraction of sp³-hybridized carbons (Fsp3) is 0.455. The minimum absolute atomic E-state index is 0.0378. The maximum absolute atomic E-state index is 9.13. The summed E-state index contributed by atoms with van der Waals surface area (Å²) in [5, 5.41) is 9.13. The number of aliphatic hydroxyl groups excluding tert-OH is 1. The van der Waals surface area contributed by atoms with Gasteiger partial charge in [-0.25, -0.2) is 0 Å². The van der Waals surface area contributed by atoms with Crippen molar-refractivity contribution in [2.75, 3.05) is 6.61 Å². The van der Waals surface area contributed by atoms with Crippen molar-refractivity contribution in [3.63, 3.8) is 0 Å². The van der Waals surface area contributed by atoms with E-state index in [-0.39, 0.29) is 12.0 Å². The van der Waals surface area contributed by atoms with Gasteiger partial charge in [0.15, 0.2) is 0 Å². The number of hydrogen-bond donors (Lipinski definition) is 1. The molecule has 0 unspecified atom stereocenters. The summed E-state index contributed by atoms with van der Waals surface area (Å²) in [7, 11) is 0. The molecule has 1 aromatic rings. The van der Waals surface area contributed by atoms with Crippen molar-refractivity contribution >= 4 is 15.9 Å². The normalized spacial score (nSPS) is 11.7. The fourth-order valence-electron chi connectivity index (χ4n) is 1.21. The van der Waals surface area contributed by atoms with Crippen molar-refractivity contribution in [2.24, 2.45) is 5.41 Å². The smallest absolute Gasteiger partial charge is 0.0485 e. The van der Waals surface area contributed by atoms with Crippen molar-refractivity contribution in [1.82, 2.24) is 0 Å². The van der Waals surface area contributed by atoms with Crippen LogP contribution in [0.2, 0.25) is 0 Å². The summed E-state index contributed by atoms with van der Waals surface area (Å²) >= 11 is 3.50. The average Bonchev–Trinajstić information content (AvgIpc) is 2.09. The Kier molecular flexibility index (Phi) is 3.51. The number of halogens is 1. The van der Waals surface area contributed by atoms with Crippen LogP contribution in [0.15, 0.2) is 28.7 Å². The topological polar surface area (TPSA) is 20.2 Å². The van der Waals surface area contributed by atoms with Crippen LogP contribution in [0.4, 0.5) is 0 Å². The van der Waals surface area contributed by atoms with Gasteiger partial charge in [0, 0.05) is 11.1 Å². The molecule has 0 aliphatic rings. The van der Waals surface area contributed by atoms with E-state index in [0.29, 0.717) is 0 Å². The number of benzene rings is 1. The standard InChI is InChI=1S/C11H15BrO/c1-11(2,8-13)7-9-5-3-4-6-10(9)12/h3-6,13H,7-8H2,1-2H3. The third-order valence-corrected chi connectivity index (χ3v) is 2.83. The lowest BCUT2D eigenvalue weighted by Crippen LogP contribution is -2.19. The van der Waals surface area contributed by atoms with E-state index in [1.807, 2.05) is 18.2 Å². The Balaban J connectivity index is 2.80. The first-order valence-corrected chi connectivity index (χ1v) is 5.19. The van der Waals surface area contributed by atoms with Crippen molar-refractivity contribution in [1.29, 1.82) is 0 Å². The van der Waals surface area contributed by atoms with Crippen LogP contribution in [0.3, 0.4) is 0 Å². The molecule has 0 aliphatic heterocycles. The molecule has 0 heterocycles. The van der Waals surface area contributed by atoms with E-state index in [1.54, 1.807) is 0 Å². The van der Waals surface area contributed by atoms with Crippen LogP contribution in [0.5, 0.6) is 0 Å². The Labute approximate surface area is 87.9 Å². The second kappa shape index (κ2) is 4.25. The predicted octanol–water partition coefficient (Wildman–Crippen LogP) is 3.01. The zero-order valence-corrected chi connectivity index (χ0v) is 9.63. The van der Waals surface area contributed by atoms with Crippen LogP contribution in [-0.4, -0.2) is 11.7 Å². The lowest BCUT2D eigenvalue weighted by Gasteiger charge is -2.22. The van der Waals surface area contributed by atoms with Crippen LogP contribution in [0, 0.1) is 5.41 Å². The van der Waals surface area contributed by atoms with E-state index < -0.39 is 0 Å². The summed E-state index contributed by atoms with van der Waals surface area (Å²) in [6.07, 6.45) is 0.894. The van der Waals surface area contributed by atoms with Crippen molar-refractivity contribution in [3.05, 3.63) is 34.3 Å². The van der Waals surface area contributed by atoms with Gasteiger partial charge >= 0.3 is 0 Å². The van der Waals surface area contributed by atoms with E-state index >= 15 is 0 Å². The monoisotopic (exact) mass is 242 g/mol. The van der Waals surface area contributed by atoms with Gasteiger partial charge in [0.25, 0.3) is 0 Å². The summed E-state index contributed by atoms with van der Waals surface area (Å²) in [5.74, 6) is 0. The number of hydrogen-bond acceptors (Lipinski definition) is 1. The molecule has 0 bridgehead atoms. The largest absolute Gasteiger partial charge is 0.396 e. The molecule has 0 radical (unpaired) electrons. The molecule has 0 aromatic heterocycles. The number of rotatable bonds is 3. The molecule has 0 saturated heterocycles. The van der Waals surface area contributed by atoms with Gasteiger partial charge in [0.2, 0.25) is 0 Å². The third kappa shape index (κ3) is 3.12. The van der Waals surface area contributed by atoms with E-state index in [0.717, 1.165) is 10.9 Å². The summed E-state index contributed by atoms with van der Waals surface area (Å²) in [6.45, 7) is 4.34. The summed E-state index contributed by atoms with van der Waals surface area (Å²) in [6, 6.07) is 8.14. The zero-order chi connectivity index (χ0) is 9.90. The van der Waals surface area contributed by atoms with E-state index in [2.05, 4.69) is 35.8 Å². The SMILES string of the molecule is CC(C)(CO)Cc1ccccc1Br. The molecule has 1 N–H and O–H groups in total. The van der Waals surface area contributed by atoms with Crippen LogP contribution in [-0.2, 0) is 6.42 Å². The predicted molar refractivity (Wildman–Crippen MR) is 58.7 cm³/mol. The first-order valence-electron chi connectivity index (χ1n) is 4.39. The van der Waals surface area contributed by atoms with Gasteiger partial charge < -0.3 is 5.11 Å².